The van der Waals surface area contributed by atoms with Gasteiger partial charge in [0.1, 0.15) is 5.52 Å². The molecule has 0 radical (unpaired) electrons. The molecule has 1 aliphatic rings. The van der Waals surface area contributed by atoms with Gasteiger partial charge in [-0.25, -0.2) is 9.50 Å². The minimum Gasteiger partial charge on any atom is -0.368 e. The van der Waals surface area contributed by atoms with E-state index in [2.05, 4.69) is 41.0 Å². The fourth-order valence-corrected chi connectivity index (χ4v) is 4.23. The number of aromatic nitrogens is 3. The van der Waals surface area contributed by atoms with Crippen LogP contribution in [0, 0.1) is 6.92 Å². The summed E-state index contributed by atoms with van der Waals surface area (Å²) in [6.07, 6.45) is 3.73. The van der Waals surface area contributed by atoms with Gasteiger partial charge in [0.2, 0.25) is 0 Å². The molecular formula is C25H25N5O. The molecule has 0 amide bonds. The lowest BCUT2D eigenvalue weighted by molar-refractivity contribution is 0.101. The number of hydrogen-bond acceptors (Lipinski definition) is 5. The Bertz CT molecular complexity index is 1240. The van der Waals surface area contributed by atoms with Crippen LogP contribution in [0.3, 0.4) is 0 Å². The quantitative estimate of drug-likeness (QED) is 0.470. The predicted molar refractivity (Wildman–Crippen MR) is 124 cm³/mol. The Balaban J connectivity index is 1.37. The van der Waals surface area contributed by atoms with Crippen LogP contribution in [0.1, 0.15) is 22.8 Å². The lowest BCUT2D eigenvalue weighted by Crippen LogP contribution is -2.47. The SMILES string of the molecule is CC(=O)c1ccc(N2CCN(c3nccn4nc(-c5ccccc5C)cc34)CC2)cc1. The largest absolute Gasteiger partial charge is 0.368 e. The minimum atomic E-state index is 0.0985. The highest BCUT2D eigenvalue weighted by atomic mass is 16.1. The van der Waals surface area contributed by atoms with E-state index in [0.717, 1.165) is 60.0 Å². The molecular weight excluding hydrogens is 386 g/mol. The van der Waals surface area contributed by atoms with Crippen molar-refractivity contribution in [1.82, 2.24) is 14.6 Å². The molecule has 2 aromatic heterocycles. The third-order valence-electron chi connectivity index (χ3n) is 6.01. The third kappa shape index (κ3) is 3.65. The first-order valence-electron chi connectivity index (χ1n) is 10.6. The number of Topliss-reactive ketones (excluding diaryl/α,β-unsaturated/α-hetero) is 1. The molecule has 0 saturated carbocycles. The molecule has 4 aromatic rings. The maximum absolute atomic E-state index is 11.5. The molecule has 1 fully saturated rings. The lowest BCUT2D eigenvalue weighted by atomic mass is 10.1. The van der Waals surface area contributed by atoms with Gasteiger partial charge in [0.15, 0.2) is 11.6 Å². The number of benzene rings is 2. The molecule has 2 aromatic carbocycles. The summed E-state index contributed by atoms with van der Waals surface area (Å²) < 4.78 is 1.93. The third-order valence-corrected chi connectivity index (χ3v) is 6.01. The number of carbonyl (C=O) groups excluding carboxylic acids is 1. The Morgan fingerprint density at radius 1 is 0.935 bits per heavy atom. The Morgan fingerprint density at radius 2 is 1.65 bits per heavy atom. The molecule has 156 valence electrons. The van der Waals surface area contributed by atoms with Crippen molar-refractivity contribution in [2.24, 2.45) is 0 Å². The highest BCUT2D eigenvalue weighted by molar-refractivity contribution is 5.94. The highest BCUT2D eigenvalue weighted by Crippen LogP contribution is 2.28. The summed E-state index contributed by atoms with van der Waals surface area (Å²) in [6.45, 7) is 7.28. The fraction of sp³-hybridized carbons (Fsp3) is 0.240. The summed E-state index contributed by atoms with van der Waals surface area (Å²) in [4.78, 5) is 20.9. The molecule has 5 rings (SSSR count). The van der Waals surface area contributed by atoms with Gasteiger partial charge >= 0.3 is 0 Å². The standard InChI is InChI=1S/C25H25N5O/c1-18-5-3-4-6-22(18)23-17-24-25(26-11-12-30(24)27-23)29-15-13-28(14-16-29)21-9-7-20(8-10-21)19(2)31/h3-12,17H,13-16H2,1-2H3. The molecule has 31 heavy (non-hydrogen) atoms. The highest BCUT2D eigenvalue weighted by Gasteiger charge is 2.21. The van der Waals surface area contributed by atoms with E-state index in [1.54, 1.807) is 6.92 Å². The van der Waals surface area contributed by atoms with E-state index in [9.17, 15) is 4.79 Å². The molecule has 1 saturated heterocycles. The molecule has 1 aliphatic heterocycles. The van der Waals surface area contributed by atoms with Crippen LogP contribution in [0.25, 0.3) is 16.8 Å². The van der Waals surface area contributed by atoms with Crippen LogP contribution in [0.15, 0.2) is 67.0 Å². The zero-order valence-electron chi connectivity index (χ0n) is 17.8. The van der Waals surface area contributed by atoms with E-state index in [1.807, 2.05) is 47.2 Å². The van der Waals surface area contributed by atoms with Crippen molar-refractivity contribution in [2.45, 2.75) is 13.8 Å². The second kappa shape index (κ2) is 7.87. The first-order valence-corrected chi connectivity index (χ1v) is 10.6. The average molecular weight is 412 g/mol. The van der Waals surface area contributed by atoms with Gasteiger partial charge in [0.25, 0.3) is 0 Å². The van der Waals surface area contributed by atoms with Crippen molar-refractivity contribution < 1.29 is 4.79 Å². The monoisotopic (exact) mass is 411 g/mol. The minimum absolute atomic E-state index is 0.0985. The van der Waals surface area contributed by atoms with Crippen molar-refractivity contribution in [2.75, 3.05) is 36.0 Å². The summed E-state index contributed by atoms with van der Waals surface area (Å²) in [7, 11) is 0. The van der Waals surface area contributed by atoms with Crippen molar-refractivity contribution >= 4 is 22.8 Å². The average Bonchev–Trinajstić information content (AvgIpc) is 3.24. The number of piperazine rings is 1. The molecule has 6 nitrogen and oxygen atoms in total. The number of ketones is 1. The first-order chi connectivity index (χ1) is 15.1. The molecule has 0 atom stereocenters. The number of carbonyl (C=O) groups is 1. The van der Waals surface area contributed by atoms with Crippen LogP contribution < -0.4 is 9.80 Å². The maximum atomic E-state index is 11.5. The first kappa shape index (κ1) is 19.3. The van der Waals surface area contributed by atoms with E-state index >= 15 is 0 Å². The van der Waals surface area contributed by atoms with Crippen molar-refractivity contribution in [1.29, 1.82) is 0 Å². The molecule has 3 heterocycles. The number of anilines is 2. The maximum Gasteiger partial charge on any atom is 0.159 e. The molecule has 0 aliphatic carbocycles. The van der Waals surface area contributed by atoms with Crippen molar-refractivity contribution in [3.05, 3.63) is 78.1 Å². The Labute approximate surface area is 181 Å². The van der Waals surface area contributed by atoms with Crippen LogP contribution in [0.4, 0.5) is 11.5 Å². The summed E-state index contributed by atoms with van der Waals surface area (Å²) in [5, 5.41) is 4.80. The van der Waals surface area contributed by atoms with E-state index in [4.69, 9.17) is 10.1 Å². The number of fused-ring (bicyclic) bond motifs is 1. The van der Waals surface area contributed by atoms with Crippen LogP contribution in [0.5, 0.6) is 0 Å². The van der Waals surface area contributed by atoms with Gasteiger partial charge in [-0.1, -0.05) is 24.3 Å². The molecule has 0 spiro atoms. The number of aryl methyl sites for hydroxylation is 1. The zero-order valence-corrected chi connectivity index (χ0v) is 17.8. The van der Waals surface area contributed by atoms with Gasteiger partial charge in [-0.3, -0.25) is 4.79 Å². The second-order valence-electron chi connectivity index (χ2n) is 8.00. The summed E-state index contributed by atoms with van der Waals surface area (Å²) in [5.74, 6) is 1.07. The Morgan fingerprint density at radius 3 is 2.35 bits per heavy atom. The fourth-order valence-electron chi connectivity index (χ4n) is 4.23. The van der Waals surface area contributed by atoms with Crippen molar-refractivity contribution in [3.8, 4) is 11.3 Å². The molecule has 6 heteroatoms. The van der Waals surface area contributed by atoms with E-state index in [0.29, 0.717) is 0 Å². The second-order valence-corrected chi connectivity index (χ2v) is 8.00. The van der Waals surface area contributed by atoms with Crippen molar-refractivity contribution in [3.63, 3.8) is 0 Å². The topological polar surface area (TPSA) is 53.7 Å². The van der Waals surface area contributed by atoms with Gasteiger partial charge in [0, 0.05) is 55.4 Å². The van der Waals surface area contributed by atoms with Gasteiger partial charge in [-0.2, -0.15) is 5.10 Å². The number of hydrogen-bond donors (Lipinski definition) is 0. The molecule has 0 unspecified atom stereocenters. The smallest absolute Gasteiger partial charge is 0.159 e. The lowest BCUT2D eigenvalue weighted by Gasteiger charge is -2.36. The van der Waals surface area contributed by atoms with E-state index in [1.165, 1.54) is 5.56 Å². The van der Waals surface area contributed by atoms with Gasteiger partial charge in [-0.15, -0.1) is 0 Å². The summed E-state index contributed by atoms with van der Waals surface area (Å²) >= 11 is 0. The van der Waals surface area contributed by atoms with Gasteiger partial charge in [0.05, 0.1) is 5.69 Å². The Hall–Kier alpha value is -3.67. The number of rotatable bonds is 4. The normalized spacial score (nSPS) is 14.3. The zero-order chi connectivity index (χ0) is 21.4. The van der Waals surface area contributed by atoms with Crippen LogP contribution >= 0.6 is 0 Å². The Kier molecular flexibility index (Phi) is 4.90. The van der Waals surface area contributed by atoms with Crippen LogP contribution in [-0.4, -0.2) is 46.6 Å². The van der Waals surface area contributed by atoms with E-state index < -0.39 is 0 Å². The van der Waals surface area contributed by atoms with Crippen LogP contribution in [-0.2, 0) is 0 Å². The predicted octanol–water partition coefficient (Wildman–Crippen LogP) is 4.23. The van der Waals surface area contributed by atoms with E-state index in [-0.39, 0.29) is 5.78 Å². The van der Waals surface area contributed by atoms with Gasteiger partial charge in [-0.05, 0) is 49.7 Å². The summed E-state index contributed by atoms with van der Waals surface area (Å²) in [5.41, 5.74) is 6.27. The van der Waals surface area contributed by atoms with Gasteiger partial charge < -0.3 is 9.80 Å². The number of nitrogens with zero attached hydrogens (tertiary/aromatic N) is 5. The van der Waals surface area contributed by atoms with Crippen LogP contribution in [0.2, 0.25) is 0 Å². The molecule has 0 N–H and O–H groups in total. The summed E-state index contributed by atoms with van der Waals surface area (Å²) in [6, 6.07) is 18.4. The molecule has 0 bridgehead atoms.